The maximum atomic E-state index is 16.2. The lowest BCUT2D eigenvalue weighted by Gasteiger charge is -2.54. The number of hydrogen-bond acceptors (Lipinski definition) is 11. The Kier molecular flexibility index (Phi) is 14.3. The van der Waals surface area contributed by atoms with Crippen LogP contribution in [0.5, 0.6) is 5.75 Å². The number of carbonyl (C=O) groups is 2. The van der Waals surface area contributed by atoms with E-state index in [-0.39, 0.29) is 108 Å². The molecular formula is C79H76O11. The third-order valence-corrected chi connectivity index (χ3v) is 23.0. The molecule has 2 saturated carbocycles. The Bertz CT molecular complexity index is 4240. The van der Waals surface area contributed by atoms with E-state index in [4.69, 9.17) is 23.4 Å². The summed E-state index contributed by atoms with van der Waals surface area (Å²) >= 11 is 0. The van der Waals surface area contributed by atoms with Crippen LogP contribution in [0.25, 0.3) is 34.8 Å². The van der Waals surface area contributed by atoms with Gasteiger partial charge in [0.25, 0.3) is 0 Å². The molecule has 2 spiro atoms. The first-order valence-electron chi connectivity index (χ1n) is 32.8. The fourth-order valence-electron chi connectivity index (χ4n) is 19.2. The van der Waals surface area contributed by atoms with Crippen molar-refractivity contribution in [2.75, 3.05) is 26.9 Å². The lowest BCUT2D eigenvalue weighted by molar-refractivity contribution is -0.205. The van der Waals surface area contributed by atoms with E-state index in [0.29, 0.717) is 53.9 Å². The van der Waals surface area contributed by atoms with Gasteiger partial charge in [-0.1, -0.05) is 158 Å². The molecule has 6 aromatic rings. The molecule has 9 aliphatic carbocycles. The molecule has 1 aromatic heterocycles. The molecule has 4 heterocycles. The minimum absolute atomic E-state index is 0.00614. The Balaban J connectivity index is 0.887. The van der Waals surface area contributed by atoms with E-state index in [1.165, 1.54) is 46.1 Å². The molecule has 0 radical (unpaired) electrons. The molecule has 0 saturated heterocycles. The smallest absolute Gasteiger partial charge is 0.340 e. The van der Waals surface area contributed by atoms with Gasteiger partial charge in [0, 0.05) is 72.2 Å². The van der Waals surface area contributed by atoms with Crippen LogP contribution >= 0.6 is 0 Å². The van der Waals surface area contributed by atoms with E-state index in [0.717, 1.165) is 41.5 Å². The number of esters is 2. The van der Waals surface area contributed by atoms with Crippen LogP contribution in [0, 0.1) is 35.5 Å². The third kappa shape index (κ3) is 8.76. The second kappa shape index (κ2) is 22.5. The number of allylic oxidation sites excluding steroid dienone is 8. The lowest BCUT2D eigenvalue weighted by atomic mass is 9.48. The molecule has 458 valence electrons. The van der Waals surface area contributed by atoms with Crippen LogP contribution in [-0.2, 0) is 42.2 Å². The summed E-state index contributed by atoms with van der Waals surface area (Å²) in [5.41, 5.74) is 12.5. The van der Waals surface area contributed by atoms with Crippen LogP contribution in [0.2, 0.25) is 0 Å². The van der Waals surface area contributed by atoms with Crippen LogP contribution in [-0.4, -0.2) is 65.9 Å². The summed E-state index contributed by atoms with van der Waals surface area (Å²) in [6.07, 6.45) is 28.8. The van der Waals surface area contributed by atoms with Gasteiger partial charge in [0.15, 0.2) is 17.8 Å². The standard InChI is InChI=1S/C79H76O11/c1-44(41-81)55-27-19-45-20-28-57-48(36-45)21-22-50-38-54-13-7-12-53-26-23-47-11-4-6-17-65(47)79(53,54)66-18-8-15-59(70(50)66)49-25-29-58(57)52(37-49)39-69(83)87-74-72-68(32-31-62-64(42-82)71(77(85)88-73(62)72)51(33-35-80)43-86-2)90-78(75(74)89-76(55)84)34-9-16-61-60-30-24-46-10-3-5-14-56(46)63(60)40-67(61)78/h3-6,8-11,14-18,20-26,28-32,36,38,49,51-54,58,60-61,63,67,74-75,80-82H,7,12-13,19,27,33-35,37,39-43H2,1-2H3/b22-21+,55-44-/t49-,51-,52-,53-,54-,58+,60-,61+,63+,67-,74-,75+,78+,79-/m1/s1. The predicted molar refractivity (Wildman–Crippen MR) is 346 cm³/mol. The van der Waals surface area contributed by atoms with Gasteiger partial charge in [0.1, 0.15) is 11.3 Å². The SMILES string of the molecule is COC[C@@H](CCO)c1c(CO)c2ccc3c(c2oc1=O)[C@H]1OC(=O)C[C@H]2C[C@H]4C=C[C@@H]2c2ccc(cc2/C=C/C2=C[C@H]5CCC[C@@H]6C=Cc7ccccc7[C@@]65c5cccc4c52)CC/C(=C(\C)CO)C(=O)O[C@@H]1[C@@]1(CC=C[C@H]2[C@H]4C=Cc5ccccc5[C@@H]4C[C@H]21)O3. The number of aliphatic hydroxyl groups is 3. The monoisotopic (exact) mass is 1200 g/mol. The first kappa shape index (κ1) is 57.2. The molecule has 11 heteroatoms. The zero-order valence-corrected chi connectivity index (χ0v) is 51.0. The number of methoxy groups -OCH3 is 1. The van der Waals surface area contributed by atoms with E-state index in [2.05, 4.69) is 152 Å². The minimum Gasteiger partial charge on any atom is -0.482 e. The first-order valence-corrected chi connectivity index (χ1v) is 32.8. The molecule has 11 nitrogen and oxygen atoms in total. The summed E-state index contributed by atoms with van der Waals surface area (Å²) in [7, 11) is 1.52. The summed E-state index contributed by atoms with van der Waals surface area (Å²) in [6.45, 7) is 0.652. The number of ether oxygens (including phenoxy) is 4. The van der Waals surface area contributed by atoms with Gasteiger partial charge in [0.05, 0.1) is 25.4 Å². The summed E-state index contributed by atoms with van der Waals surface area (Å²) in [5, 5.41) is 33.1. The topological polar surface area (TPSA) is 162 Å². The van der Waals surface area contributed by atoms with Gasteiger partial charge < -0.3 is 38.7 Å². The van der Waals surface area contributed by atoms with Crippen LogP contribution < -0.4 is 10.4 Å². The normalized spacial score (nSPS) is 31.7. The van der Waals surface area contributed by atoms with Crippen molar-refractivity contribution in [2.45, 2.75) is 125 Å². The van der Waals surface area contributed by atoms with Crippen molar-refractivity contribution in [2.24, 2.45) is 35.5 Å². The third-order valence-electron chi connectivity index (χ3n) is 23.0. The largest absolute Gasteiger partial charge is 0.482 e. The quantitative estimate of drug-likeness (QED) is 0.0604. The number of carbonyl (C=O) groups excluding carboxylic acids is 2. The number of fused-ring (bicyclic) bond motifs is 17. The first-order chi connectivity index (χ1) is 44.0. The van der Waals surface area contributed by atoms with Gasteiger partial charge >= 0.3 is 17.6 Å². The van der Waals surface area contributed by atoms with E-state index in [1.807, 2.05) is 6.07 Å². The molecular weight excluding hydrogens is 1120 g/mol. The van der Waals surface area contributed by atoms with Crippen molar-refractivity contribution in [3.63, 3.8) is 0 Å². The Morgan fingerprint density at radius 2 is 1.58 bits per heavy atom. The molecule has 90 heavy (non-hydrogen) atoms. The Labute approximate surface area is 524 Å². The summed E-state index contributed by atoms with van der Waals surface area (Å²) < 4.78 is 34.2. The van der Waals surface area contributed by atoms with Crippen molar-refractivity contribution in [1.29, 1.82) is 0 Å². The highest BCUT2D eigenvalue weighted by Crippen LogP contribution is 2.64. The molecule has 3 aliphatic heterocycles. The van der Waals surface area contributed by atoms with Crippen molar-refractivity contribution in [3.8, 4) is 5.75 Å². The molecule has 0 amide bonds. The fraction of sp³-hybridized carbons (Fsp3) is 0.380. The maximum Gasteiger partial charge on any atom is 0.340 e. The summed E-state index contributed by atoms with van der Waals surface area (Å²) in [5.74, 6) is -1.56. The van der Waals surface area contributed by atoms with E-state index < -0.39 is 54.5 Å². The van der Waals surface area contributed by atoms with Gasteiger partial charge in [-0.05, 0) is 172 Å². The van der Waals surface area contributed by atoms with Gasteiger partial charge in [-0.25, -0.2) is 9.59 Å². The van der Waals surface area contributed by atoms with Crippen LogP contribution in [0.3, 0.4) is 0 Å². The Hall–Kier alpha value is -7.93. The molecule has 3 N–H and O–H groups in total. The predicted octanol–water partition coefficient (Wildman–Crippen LogP) is 14.0. The summed E-state index contributed by atoms with van der Waals surface area (Å²) in [4.78, 5) is 46.8. The minimum atomic E-state index is -1.40. The average molecular weight is 1200 g/mol. The molecule has 18 rings (SSSR count). The molecule has 6 bridgehead atoms. The zero-order chi connectivity index (χ0) is 61.2. The number of hydrogen-bond donors (Lipinski definition) is 3. The Morgan fingerprint density at radius 3 is 2.43 bits per heavy atom. The second-order valence-corrected chi connectivity index (χ2v) is 27.3. The van der Waals surface area contributed by atoms with Crippen molar-refractivity contribution >= 4 is 46.7 Å². The maximum absolute atomic E-state index is 16.2. The number of aliphatic hydroxyl groups excluding tert-OH is 3. The van der Waals surface area contributed by atoms with Gasteiger partial charge in [0.2, 0.25) is 0 Å². The van der Waals surface area contributed by atoms with Crippen molar-refractivity contribution < 1.29 is 48.3 Å². The molecule has 12 aliphatic rings. The van der Waals surface area contributed by atoms with Gasteiger partial charge in [-0.3, -0.25) is 4.79 Å². The average Bonchev–Trinajstić information content (AvgIpc) is 0.955. The van der Waals surface area contributed by atoms with Crippen LogP contribution in [0.15, 0.2) is 166 Å². The lowest BCUT2D eigenvalue weighted by Crippen LogP contribution is -2.61. The fourth-order valence-corrected chi connectivity index (χ4v) is 19.2. The van der Waals surface area contributed by atoms with Crippen molar-refractivity contribution in [3.05, 3.63) is 240 Å². The molecule has 2 fully saturated rings. The van der Waals surface area contributed by atoms with Gasteiger partial charge in [-0.15, -0.1) is 0 Å². The van der Waals surface area contributed by atoms with Crippen LogP contribution in [0.4, 0.5) is 0 Å². The number of rotatable bonds is 7. The van der Waals surface area contributed by atoms with E-state index in [1.54, 1.807) is 13.0 Å². The molecule has 14 atom stereocenters. The second-order valence-electron chi connectivity index (χ2n) is 27.3. The highest BCUT2D eigenvalue weighted by atomic mass is 16.6. The van der Waals surface area contributed by atoms with Crippen LogP contribution in [0.1, 0.15) is 167 Å². The zero-order valence-electron chi connectivity index (χ0n) is 51.0. The van der Waals surface area contributed by atoms with E-state index in [9.17, 15) is 20.1 Å². The molecule has 5 aromatic carbocycles. The number of aryl methyl sites for hydroxylation is 1. The Morgan fingerprint density at radius 1 is 0.756 bits per heavy atom. The highest BCUT2D eigenvalue weighted by molar-refractivity contribution is 5.91. The van der Waals surface area contributed by atoms with E-state index >= 15 is 9.59 Å². The highest BCUT2D eigenvalue weighted by Gasteiger charge is 2.65. The van der Waals surface area contributed by atoms with Crippen molar-refractivity contribution in [1.82, 2.24) is 0 Å². The van der Waals surface area contributed by atoms with Gasteiger partial charge in [-0.2, -0.15) is 0 Å². The molecule has 0 unspecified atom stereocenters. The number of benzene rings is 5. The summed E-state index contributed by atoms with van der Waals surface area (Å²) in [6, 6.07) is 34.7.